The number of thiophene rings is 1. The van der Waals surface area contributed by atoms with E-state index in [0.717, 1.165) is 25.3 Å². The molecule has 37 heavy (non-hydrogen) atoms. The molecule has 9 heteroatoms. The largest absolute Gasteiger partial charge is 0.483 e. The number of nitrogens with zero attached hydrogens (tertiary/aromatic N) is 1. The first-order valence-electron chi connectivity index (χ1n) is 11.1. The van der Waals surface area contributed by atoms with Crippen LogP contribution in [0.1, 0.15) is 15.2 Å². The number of fused-ring (bicyclic) bond motifs is 2. The quantitative estimate of drug-likeness (QED) is 0.0936. The lowest BCUT2D eigenvalue weighted by atomic mass is 10.1. The Balaban J connectivity index is 1.18. The highest BCUT2D eigenvalue weighted by atomic mass is 79.9. The van der Waals surface area contributed by atoms with Gasteiger partial charge in [0.2, 0.25) is 0 Å². The number of halogens is 2. The van der Waals surface area contributed by atoms with Gasteiger partial charge in [0.15, 0.2) is 6.61 Å². The smallest absolute Gasteiger partial charge is 0.355 e. The summed E-state index contributed by atoms with van der Waals surface area (Å²) in [5.41, 5.74) is 3.06. The molecule has 0 radical (unpaired) electrons. The van der Waals surface area contributed by atoms with Crippen molar-refractivity contribution in [1.82, 2.24) is 5.43 Å². The van der Waals surface area contributed by atoms with E-state index in [2.05, 4.69) is 26.5 Å². The average molecular weight is 594 g/mol. The number of hydrogen-bond donors (Lipinski definition) is 1. The number of carbonyl (C=O) groups is 2. The van der Waals surface area contributed by atoms with Crippen molar-refractivity contribution in [2.75, 3.05) is 6.61 Å². The van der Waals surface area contributed by atoms with Crippen molar-refractivity contribution in [3.05, 3.63) is 105 Å². The lowest BCUT2D eigenvalue weighted by Crippen LogP contribution is -2.24. The van der Waals surface area contributed by atoms with Crippen LogP contribution >= 0.6 is 38.9 Å². The summed E-state index contributed by atoms with van der Waals surface area (Å²) in [5.74, 6) is -0.0618. The van der Waals surface area contributed by atoms with E-state index < -0.39 is 11.9 Å². The third-order valence-corrected chi connectivity index (χ3v) is 7.85. The SMILES string of the molecule is O=C(COc1ccc2ccccc2c1Br)N/N=C/c1cccc(OC(=O)c2sc3ccccc3c2Cl)c1. The second kappa shape index (κ2) is 11.1. The Hall–Kier alpha value is -3.72. The molecule has 4 aromatic carbocycles. The Morgan fingerprint density at radius 3 is 2.59 bits per heavy atom. The van der Waals surface area contributed by atoms with Crippen molar-refractivity contribution in [3.63, 3.8) is 0 Å². The van der Waals surface area contributed by atoms with Crippen LogP contribution in [0.4, 0.5) is 0 Å². The maximum atomic E-state index is 12.7. The molecular weight excluding hydrogens is 576 g/mol. The summed E-state index contributed by atoms with van der Waals surface area (Å²) in [5, 5.41) is 7.22. The van der Waals surface area contributed by atoms with Crippen LogP contribution in [0.5, 0.6) is 11.5 Å². The van der Waals surface area contributed by atoms with Crippen LogP contribution in [-0.2, 0) is 4.79 Å². The third kappa shape index (κ3) is 5.67. The number of esters is 1. The van der Waals surface area contributed by atoms with Crippen LogP contribution in [0.3, 0.4) is 0 Å². The maximum Gasteiger partial charge on any atom is 0.355 e. The predicted octanol–water partition coefficient (Wildman–Crippen LogP) is 7.22. The van der Waals surface area contributed by atoms with Gasteiger partial charge in [-0.3, -0.25) is 4.79 Å². The van der Waals surface area contributed by atoms with Crippen molar-refractivity contribution in [2.24, 2.45) is 5.10 Å². The zero-order valence-corrected chi connectivity index (χ0v) is 22.3. The highest BCUT2D eigenvalue weighted by molar-refractivity contribution is 9.10. The molecule has 0 fully saturated rings. The first kappa shape index (κ1) is 25.0. The summed E-state index contributed by atoms with van der Waals surface area (Å²) in [6, 6.07) is 25.9. The molecule has 5 rings (SSSR count). The third-order valence-electron chi connectivity index (χ3n) is 5.38. The number of carbonyl (C=O) groups excluding carboxylic acids is 2. The van der Waals surface area contributed by atoms with E-state index >= 15 is 0 Å². The van der Waals surface area contributed by atoms with Gasteiger partial charge in [0, 0.05) is 10.1 Å². The molecule has 0 spiro atoms. The molecule has 5 aromatic rings. The van der Waals surface area contributed by atoms with E-state index in [1.807, 2.05) is 60.7 Å². The van der Waals surface area contributed by atoms with Crippen LogP contribution < -0.4 is 14.9 Å². The lowest BCUT2D eigenvalue weighted by molar-refractivity contribution is -0.123. The van der Waals surface area contributed by atoms with Crippen LogP contribution in [0.15, 0.2) is 94.5 Å². The maximum absolute atomic E-state index is 12.7. The Labute approximate surface area is 229 Å². The van der Waals surface area contributed by atoms with Gasteiger partial charge in [-0.15, -0.1) is 11.3 Å². The van der Waals surface area contributed by atoms with Gasteiger partial charge in [-0.25, -0.2) is 10.2 Å². The second-order valence-electron chi connectivity index (χ2n) is 7.88. The van der Waals surface area contributed by atoms with Crippen LogP contribution in [0.2, 0.25) is 5.02 Å². The number of benzene rings is 4. The van der Waals surface area contributed by atoms with Crippen LogP contribution in [-0.4, -0.2) is 24.7 Å². The minimum absolute atomic E-state index is 0.206. The highest BCUT2D eigenvalue weighted by Gasteiger charge is 2.19. The molecule has 0 saturated carbocycles. The van der Waals surface area contributed by atoms with Gasteiger partial charge in [-0.2, -0.15) is 5.10 Å². The van der Waals surface area contributed by atoms with Gasteiger partial charge >= 0.3 is 5.97 Å². The van der Waals surface area contributed by atoms with E-state index in [-0.39, 0.29) is 6.61 Å². The molecule has 0 aliphatic rings. The van der Waals surface area contributed by atoms with Crippen LogP contribution in [0.25, 0.3) is 20.9 Å². The molecule has 1 N–H and O–H groups in total. The van der Waals surface area contributed by atoms with Gasteiger partial charge in [0.25, 0.3) is 5.91 Å². The zero-order valence-electron chi connectivity index (χ0n) is 19.1. The summed E-state index contributed by atoms with van der Waals surface area (Å²) in [4.78, 5) is 25.3. The summed E-state index contributed by atoms with van der Waals surface area (Å²) >= 11 is 11.2. The second-order valence-corrected chi connectivity index (χ2v) is 10.1. The first-order chi connectivity index (χ1) is 18.0. The number of ether oxygens (including phenoxy) is 2. The van der Waals surface area contributed by atoms with Crippen molar-refractivity contribution in [3.8, 4) is 11.5 Å². The lowest BCUT2D eigenvalue weighted by Gasteiger charge is -2.09. The number of hydrazone groups is 1. The number of rotatable bonds is 7. The minimum Gasteiger partial charge on any atom is -0.483 e. The van der Waals surface area contributed by atoms with Crippen LogP contribution in [0, 0.1) is 0 Å². The molecule has 184 valence electrons. The molecule has 0 aliphatic carbocycles. The molecule has 0 bridgehead atoms. The standard InChI is InChI=1S/C28H18BrClN2O4S/c29-25-20-9-2-1-7-18(20)12-13-22(25)35-16-24(33)32-31-15-17-6-5-8-19(14-17)36-28(34)27-26(30)21-10-3-4-11-23(21)37-27/h1-15H,16H2,(H,32,33)/b31-15+. The topological polar surface area (TPSA) is 77.0 Å². The minimum atomic E-state index is -0.536. The summed E-state index contributed by atoms with van der Waals surface area (Å²) in [6.07, 6.45) is 1.45. The number of hydrogen-bond acceptors (Lipinski definition) is 6. The Morgan fingerprint density at radius 1 is 0.973 bits per heavy atom. The number of nitrogens with one attached hydrogen (secondary N) is 1. The molecule has 0 aliphatic heterocycles. The normalized spacial score (nSPS) is 11.2. The van der Waals surface area contributed by atoms with Crippen molar-refractivity contribution in [1.29, 1.82) is 0 Å². The molecule has 1 heterocycles. The van der Waals surface area contributed by atoms with Crippen molar-refractivity contribution >= 4 is 77.8 Å². The van der Waals surface area contributed by atoms with E-state index in [9.17, 15) is 9.59 Å². The van der Waals surface area contributed by atoms with Gasteiger partial charge in [-0.05, 0) is 56.5 Å². The molecule has 1 amide bonds. The summed E-state index contributed by atoms with van der Waals surface area (Å²) in [6.45, 7) is -0.206. The van der Waals surface area contributed by atoms with Gasteiger partial charge in [0.05, 0.1) is 15.7 Å². The fourth-order valence-corrected chi connectivity index (χ4v) is 5.63. The Bertz CT molecular complexity index is 1670. The molecule has 0 unspecified atom stereocenters. The zero-order chi connectivity index (χ0) is 25.8. The fourth-order valence-electron chi connectivity index (χ4n) is 3.64. The van der Waals surface area contributed by atoms with E-state index in [1.165, 1.54) is 17.6 Å². The van der Waals surface area contributed by atoms with Crippen molar-refractivity contribution in [2.45, 2.75) is 0 Å². The van der Waals surface area contributed by atoms with E-state index in [0.29, 0.717) is 27.0 Å². The van der Waals surface area contributed by atoms with Gasteiger partial charge < -0.3 is 9.47 Å². The molecule has 0 atom stereocenters. The predicted molar refractivity (Wildman–Crippen MR) is 151 cm³/mol. The van der Waals surface area contributed by atoms with Crippen molar-refractivity contribution < 1.29 is 19.1 Å². The molecule has 1 aromatic heterocycles. The van der Waals surface area contributed by atoms with Gasteiger partial charge in [0.1, 0.15) is 16.4 Å². The molecular formula is C28H18BrClN2O4S. The van der Waals surface area contributed by atoms with Gasteiger partial charge in [-0.1, -0.05) is 72.3 Å². The summed E-state index contributed by atoms with van der Waals surface area (Å²) < 4.78 is 12.9. The fraction of sp³-hybridized carbons (Fsp3) is 0.0357. The Morgan fingerprint density at radius 2 is 1.76 bits per heavy atom. The number of amides is 1. The average Bonchev–Trinajstić information content (AvgIpc) is 3.25. The Kier molecular flexibility index (Phi) is 7.50. The summed E-state index contributed by atoms with van der Waals surface area (Å²) in [7, 11) is 0. The molecule has 0 saturated heterocycles. The first-order valence-corrected chi connectivity index (χ1v) is 13.1. The monoisotopic (exact) mass is 592 g/mol. The van der Waals surface area contributed by atoms with E-state index in [4.69, 9.17) is 21.1 Å². The highest BCUT2D eigenvalue weighted by Crippen LogP contribution is 2.36. The molecule has 6 nitrogen and oxygen atoms in total. The van der Waals surface area contributed by atoms with E-state index in [1.54, 1.807) is 24.3 Å².